The minimum Gasteiger partial charge on any atom is -0.461 e. The van der Waals surface area contributed by atoms with Crippen molar-refractivity contribution < 1.29 is 57.4 Å². The number of rotatable bonds is 12. The molecule has 1 N–H and O–H groups in total. The largest absolute Gasteiger partial charge is 0.461 e. The molecule has 5 atom stereocenters. The Kier molecular flexibility index (Phi) is 9.73. The Morgan fingerprint density at radius 2 is 1.28 bits per heavy atom. The number of hydrogen-bond donors (Lipinski definition) is 1. The van der Waals surface area contributed by atoms with Crippen molar-refractivity contribution in [2.45, 2.75) is 84.5 Å². The normalized spacial score (nSPS) is 23.0. The second kappa shape index (κ2) is 13.1. The Balaban J connectivity index is 1.69. The summed E-state index contributed by atoms with van der Waals surface area (Å²) in [5.41, 5.74) is -1.44. The second-order valence-corrected chi connectivity index (χ2v) is 9.71. The summed E-state index contributed by atoms with van der Waals surface area (Å²) in [4.78, 5) is 50.7. The lowest BCUT2D eigenvalue weighted by atomic mass is 10.1. The molecule has 2 aliphatic heterocycles. The van der Waals surface area contributed by atoms with E-state index in [-0.39, 0.29) is 43.5 Å². The molecule has 0 aliphatic carbocycles. The first-order valence-corrected chi connectivity index (χ1v) is 13.7. The zero-order valence-corrected chi connectivity index (χ0v) is 24.5. The Morgan fingerprint density at radius 1 is 0.791 bits per heavy atom. The molecule has 2 aliphatic rings. The van der Waals surface area contributed by atoms with Gasteiger partial charge in [-0.1, -0.05) is 10.4 Å². The van der Waals surface area contributed by atoms with E-state index >= 15 is 0 Å². The van der Waals surface area contributed by atoms with Crippen molar-refractivity contribution in [1.29, 1.82) is 0 Å². The van der Waals surface area contributed by atoms with Crippen molar-refractivity contribution in [3.05, 3.63) is 22.8 Å². The number of esters is 4. The van der Waals surface area contributed by atoms with Crippen LogP contribution in [0.5, 0.6) is 0 Å². The van der Waals surface area contributed by atoms with Crippen LogP contribution in [0.1, 0.15) is 89.7 Å². The van der Waals surface area contributed by atoms with Gasteiger partial charge < -0.3 is 38.3 Å². The molecule has 0 bridgehead atoms. The second-order valence-electron chi connectivity index (χ2n) is 9.71. The Labute approximate surface area is 245 Å². The molecule has 18 nitrogen and oxygen atoms in total. The molecule has 4 heterocycles. The van der Waals surface area contributed by atoms with Crippen LogP contribution in [0.15, 0.2) is 0 Å². The van der Waals surface area contributed by atoms with E-state index < -0.39 is 72.5 Å². The summed E-state index contributed by atoms with van der Waals surface area (Å²) in [7, 11) is 0. The van der Waals surface area contributed by atoms with Gasteiger partial charge in [0.2, 0.25) is 11.4 Å². The Hall–Kier alpha value is -4.00. The molecule has 0 amide bonds. The third-order valence-electron chi connectivity index (χ3n) is 6.35. The van der Waals surface area contributed by atoms with E-state index in [2.05, 4.69) is 20.6 Å². The number of aromatic nitrogens is 6. The van der Waals surface area contributed by atoms with Crippen LogP contribution in [0, 0.1) is 0 Å². The van der Waals surface area contributed by atoms with Crippen molar-refractivity contribution in [1.82, 2.24) is 30.0 Å². The van der Waals surface area contributed by atoms with Crippen molar-refractivity contribution in [2.24, 2.45) is 0 Å². The summed E-state index contributed by atoms with van der Waals surface area (Å²) in [6.07, 6.45) is -5.71. The number of ether oxygens (including phenoxy) is 7. The third kappa shape index (κ3) is 6.36. The molecule has 2 aromatic rings. The van der Waals surface area contributed by atoms with Crippen LogP contribution in [-0.4, -0.2) is 116 Å². The van der Waals surface area contributed by atoms with Crippen molar-refractivity contribution in [2.75, 3.05) is 26.4 Å². The van der Waals surface area contributed by atoms with Gasteiger partial charge in [-0.25, -0.2) is 28.5 Å². The lowest BCUT2D eigenvalue weighted by molar-refractivity contribution is -0.209. The van der Waals surface area contributed by atoms with Gasteiger partial charge in [-0.3, -0.25) is 0 Å². The number of aliphatic hydroxyl groups excluding tert-OH is 1. The average molecular weight is 611 g/mol. The number of carbonyl (C=O) groups excluding carboxylic acids is 4. The van der Waals surface area contributed by atoms with Gasteiger partial charge in [0.05, 0.1) is 33.0 Å². The van der Waals surface area contributed by atoms with E-state index in [1.54, 1.807) is 41.5 Å². The number of aliphatic hydroxyl groups is 1. The molecule has 236 valence electrons. The van der Waals surface area contributed by atoms with Gasteiger partial charge in [-0.15, -0.1) is 10.2 Å². The Bertz CT molecular complexity index is 1360. The molecule has 43 heavy (non-hydrogen) atoms. The van der Waals surface area contributed by atoms with Gasteiger partial charge in [0, 0.05) is 0 Å². The summed E-state index contributed by atoms with van der Waals surface area (Å²) in [6.45, 7) is 9.27. The first-order valence-electron chi connectivity index (χ1n) is 13.7. The molecule has 2 saturated heterocycles. The molecule has 18 heteroatoms. The quantitative estimate of drug-likeness (QED) is 0.248. The van der Waals surface area contributed by atoms with Crippen molar-refractivity contribution in [3.63, 3.8) is 0 Å². The molecule has 0 spiro atoms. The maximum absolute atomic E-state index is 12.9. The molecule has 2 fully saturated rings. The molecule has 0 saturated carbocycles. The highest BCUT2D eigenvalue weighted by Crippen LogP contribution is 2.44. The van der Waals surface area contributed by atoms with Crippen LogP contribution in [0.4, 0.5) is 0 Å². The van der Waals surface area contributed by atoms with Gasteiger partial charge in [-0.2, -0.15) is 0 Å². The molecule has 4 rings (SSSR count). The van der Waals surface area contributed by atoms with E-state index in [9.17, 15) is 24.3 Å². The average Bonchev–Trinajstić information content (AvgIpc) is 3.70. The van der Waals surface area contributed by atoms with E-state index in [1.807, 2.05) is 0 Å². The van der Waals surface area contributed by atoms with Gasteiger partial charge >= 0.3 is 23.9 Å². The zero-order valence-electron chi connectivity index (χ0n) is 24.5. The monoisotopic (exact) mass is 610 g/mol. The van der Waals surface area contributed by atoms with Gasteiger partial charge in [0.25, 0.3) is 0 Å². The fraction of sp³-hybridized carbons (Fsp3) is 0.680. The van der Waals surface area contributed by atoms with Gasteiger partial charge in [-0.05, 0) is 41.5 Å². The van der Waals surface area contributed by atoms with Crippen LogP contribution in [0.2, 0.25) is 0 Å². The SMILES string of the molecule is CCOC(=O)c1nnn(C[C@@H](O)[C@H]2O[C@@H](n3nnc(C(=O)OCC)c3C(=O)OCC)[C@H]3OC(C)(C)O[C@@H]23)c1C(=O)OCC. The Morgan fingerprint density at radius 3 is 1.86 bits per heavy atom. The summed E-state index contributed by atoms with van der Waals surface area (Å²) < 4.78 is 40.4. The van der Waals surface area contributed by atoms with Crippen molar-refractivity contribution in [3.8, 4) is 0 Å². The first kappa shape index (κ1) is 31.9. The number of carbonyl (C=O) groups is 4. The summed E-state index contributed by atoms with van der Waals surface area (Å²) >= 11 is 0. The van der Waals surface area contributed by atoms with Gasteiger partial charge in [0.1, 0.15) is 24.4 Å². The van der Waals surface area contributed by atoms with Crippen LogP contribution in [-0.2, 0) is 39.7 Å². The maximum Gasteiger partial charge on any atom is 0.361 e. The maximum atomic E-state index is 12.9. The van der Waals surface area contributed by atoms with Crippen LogP contribution in [0.25, 0.3) is 0 Å². The molecule has 0 radical (unpaired) electrons. The fourth-order valence-corrected chi connectivity index (χ4v) is 4.77. The van der Waals surface area contributed by atoms with E-state index in [0.29, 0.717) is 0 Å². The highest BCUT2D eigenvalue weighted by atomic mass is 16.8. The lowest BCUT2D eigenvalue weighted by Gasteiger charge is -2.26. The van der Waals surface area contributed by atoms with Gasteiger partial charge in [0.15, 0.2) is 23.4 Å². The van der Waals surface area contributed by atoms with E-state index in [4.69, 9.17) is 33.2 Å². The number of fused-ring (bicyclic) bond motifs is 1. The number of hydrogen-bond acceptors (Lipinski definition) is 16. The standard InChI is InChI=1S/C25H34N6O12/c1-7-37-21(33)13-15(23(35)39-9-3)30(28-26-13)11-12(32)17-18-19(43-25(5,6)42-18)20(41-17)31-16(24(36)40-10-4)14(27-29-31)22(34)38-8-2/h12,17-20,32H,7-11H2,1-6H3/t12-,17-,18+,19+,20-/m1/s1. The predicted octanol–water partition coefficient (Wildman–Crippen LogP) is 0.0550. The van der Waals surface area contributed by atoms with E-state index in [1.165, 1.54) is 0 Å². The summed E-state index contributed by atoms with van der Waals surface area (Å²) in [5.74, 6) is -4.76. The highest BCUT2D eigenvalue weighted by molar-refractivity contribution is 6.01. The smallest absolute Gasteiger partial charge is 0.361 e. The molecular weight excluding hydrogens is 576 g/mol. The predicted molar refractivity (Wildman–Crippen MR) is 138 cm³/mol. The first-order chi connectivity index (χ1) is 20.5. The van der Waals surface area contributed by atoms with Crippen LogP contribution in [0.3, 0.4) is 0 Å². The molecule has 0 aromatic carbocycles. The van der Waals surface area contributed by atoms with E-state index in [0.717, 1.165) is 9.36 Å². The molecular formula is C25H34N6O12. The topological polar surface area (TPSA) is 215 Å². The minimum atomic E-state index is -1.45. The minimum absolute atomic E-state index is 0.000750. The van der Waals surface area contributed by atoms with Crippen LogP contribution >= 0.6 is 0 Å². The van der Waals surface area contributed by atoms with Crippen LogP contribution < -0.4 is 0 Å². The molecule has 0 unspecified atom stereocenters. The lowest BCUT2D eigenvalue weighted by Crippen LogP contribution is -2.41. The van der Waals surface area contributed by atoms with Crippen molar-refractivity contribution >= 4 is 23.9 Å². The zero-order chi connectivity index (χ0) is 31.5. The highest BCUT2D eigenvalue weighted by Gasteiger charge is 2.59. The third-order valence-corrected chi connectivity index (χ3v) is 6.35. The summed E-state index contributed by atoms with van der Waals surface area (Å²) in [5, 5.41) is 26.8. The molecule has 2 aromatic heterocycles. The number of nitrogens with zero attached hydrogens (tertiary/aromatic N) is 6. The fourth-order valence-electron chi connectivity index (χ4n) is 4.77. The summed E-state index contributed by atoms with van der Waals surface area (Å²) in [6, 6.07) is 0.